The highest BCUT2D eigenvalue weighted by atomic mass is 16.1. The van der Waals surface area contributed by atoms with Gasteiger partial charge in [-0.15, -0.1) is 6.58 Å². The van der Waals surface area contributed by atoms with Gasteiger partial charge in [-0.3, -0.25) is 4.79 Å². The van der Waals surface area contributed by atoms with E-state index in [1.54, 1.807) is 6.08 Å². The van der Waals surface area contributed by atoms with Crippen LogP contribution in [0.2, 0.25) is 0 Å². The van der Waals surface area contributed by atoms with Crippen LogP contribution in [0.15, 0.2) is 36.9 Å². The Labute approximate surface area is 140 Å². The molecule has 124 valence electrons. The highest BCUT2D eigenvalue weighted by Crippen LogP contribution is 2.28. The molecule has 1 amide bonds. The minimum Gasteiger partial charge on any atom is -0.384 e. The van der Waals surface area contributed by atoms with Gasteiger partial charge in [0.1, 0.15) is 16.9 Å². The third-order valence-corrected chi connectivity index (χ3v) is 3.77. The average Bonchev–Trinajstić information content (AvgIpc) is 2.82. The molecule has 0 saturated carbocycles. The summed E-state index contributed by atoms with van der Waals surface area (Å²) >= 11 is 0. The Kier molecular flexibility index (Phi) is 4.20. The van der Waals surface area contributed by atoms with Gasteiger partial charge in [-0.05, 0) is 18.1 Å². The predicted molar refractivity (Wildman–Crippen MR) is 96.8 cm³/mol. The molecule has 2 heterocycles. The van der Waals surface area contributed by atoms with Crippen LogP contribution in [0.4, 0.5) is 5.82 Å². The molecule has 3 rings (SSSR count). The number of benzene rings is 1. The molecule has 0 aliphatic carbocycles. The second-order valence-electron chi connectivity index (χ2n) is 6.15. The van der Waals surface area contributed by atoms with Crippen LogP contribution in [0.5, 0.6) is 0 Å². The Balaban J connectivity index is 2.28. The summed E-state index contributed by atoms with van der Waals surface area (Å²) in [5, 5.41) is 2.78. The molecule has 24 heavy (non-hydrogen) atoms. The highest BCUT2D eigenvalue weighted by Gasteiger charge is 2.23. The van der Waals surface area contributed by atoms with Gasteiger partial charge in [0, 0.05) is 13.1 Å². The van der Waals surface area contributed by atoms with Crippen LogP contribution in [-0.4, -0.2) is 27.0 Å². The van der Waals surface area contributed by atoms with E-state index in [1.165, 1.54) is 0 Å². The van der Waals surface area contributed by atoms with Crippen molar-refractivity contribution in [3.05, 3.63) is 42.5 Å². The number of nitrogens with zero attached hydrogens (tertiary/aromatic N) is 3. The Morgan fingerprint density at radius 1 is 1.33 bits per heavy atom. The zero-order chi connectivity index (χ0) is 17.3. The van der Waals surface area contributed by atoms with Crippen molar-refractivity contribution < 1.29 is 4.79 Å². The van der Waals surface area contributed by atoms with Crippen LogP contribution in [0, 0.1) is 5.92 Å². The Morgan fingerprint density at radius 3 is 2.62 bits per heavy atom. The largest absolute Gasteiger partial charge is 0.384 e. The number of rotatable bonds is 5. The molecule has 2 aromatic heterocycles. The quantitative estimate of drug-likeness (QED) is 0.707. The van der Waals surface area contributed by atoms with Gasteiger partial charge in [-0.25, -0.2) is 9.97 Å². The van der Waals surface area contributed by atoms with E-state index in [-0.39, 0.29) is 5.91 Å². The van der Waals surface area contributed by atoms with Crippen LogP contribution in [0.3, 0.4) is 0 Å². The lowest BCUT2D eigenvalue weighted by Crippen LogP contribution is -2.24. The van der Waals surface area contributed by atoms with Gasteiger partial charge in [0.25, 0.3) is 5.91 Å². The van der Waals surface area contributed by atoms with Gasteiger partial charge < -0.3 is 15.6 Å². The summed E-state index contributed by atoms with van der Waals surface area (Å²) < 4.78 is 1.88. The summed E-state index contributed by atoms with van der Waals surface area (Å²) in [6.07, 6.45) is 1.63. The number of fused-ring (bicyclic) bond motifs is 2. The smallest absolute Gasteiger partial charge is 0.257 e. The molecule has 0 unspecified atom stereocenters. The summed E-state index contributed by atoms with van der Waals surface area (Å²) in [4.78, 5) is 21.9. The SMILES string of the molecule is C=CCNC(=O)c1c(N)n(CC(C)C)c2nc3ccccc3nc12. The van der Waals surface area contributed by atoms with Crippen molar-refractivity contribution in [2.45, 2.75) is 20.4 Å². The van der Waals surface area contributed by atoms with E-state index in [0.717, 1.165) is 11.0 Å². The number of amides is 1. The average molecular weight is 323 g/mol. The topological polar surface area (TPSA) is 85.8 Å². The minimum absolute atomic E-state index is 0.260. The first kappa shape index (κ1) is 16.0. The van der Waals surface area contributed by atoms with Crippen molar-refractivity contribution in [1.82, 2.24) is 19.9 Å². The number of nitrogens with one attached hydrogen (secondary N) is 1. The van der Waals surface area contributed by atoms with Crippen molar-refractivity contribution in [3.63, 3.8) is 0 Å². The molecule has 6 heteroatoms. The molecule has 0 aliphatic rings. The number of nitrogen functional groups attached to an aromatic ring is 1. The lowest BCUT2D eigenvalue weighted by Gasteiger charge is -2.10. The molecule has 0 fully saturated rings. The predicted octanol–water partition coefficient (Wildman–Crippen LogP) is 2.74. The Morgan fingerprint density at radius 2 is 2.00 bits per heavy atom. The second-order valence-corrected chi connectivity index (χ2v) is 6.15. The van der Waals surface area contributed by atoms with Crippen LogP contribution in [0.25, 0.3) is 22.2 Å². The van der Waals surface area contributed by atoms with E-state index in [0.29, 0.717) is 41.6 Å². The second kappa shape index (κ2) is 6.31. The lowest BCUT2D eigenvalue weighted by atomic mass is 10.2. The number of hydrogen-bond acceptors (Lipinski definition) is 4. The van der Waals surface area contributed by atoms with E-state index in [2.05, 4.69) is 30.7 Å². The molecular formula is C18H21N5O. The first-order valence-electron chi connectivity index (χ1n) is 7.96. The maximum Gasteiger partial charge on any atom is 0.257 e. The molecule has 0 aliphatic heterocycles. The summed E-state index contributed by atoms with van der Waals surface area (Å²) in [6, 6.07) is 7.60. The minimum atomic E-state index is -0.260. The number of nitrogens with two attached hydrogens (primary N) is 1. The molecule has 1 aromatic carbocycles. The Hall–Kier alpha value is -2.89. The van der Waals surface area contributed by atoms with Gasteiger partial charge in [-0.1, -0.05) is 32.1 Å². The fraction of sp³-hybridized carbons (Fsp3) is 0.278. The van der Waals surface area contributed by atoms with E-state index < -0.39 is 0 Å². The summed E-state index contributed by atoms with van der Waals surface area (Å²) in [6.45, 7) is 8.85. The summed E-state index contributed by atoms with van der Waals surface area (Å²) in [7, 11) is 0. The number of hydrogen-bond donors (Lipinski definition) is 2. The van der Waals surface area contributed by atoms with E-state index in [4.69, 9.17) is 10.7 Å². The lowest BCUT2D eigenvalue weighted by molar-refractivity contribution is 0.0960. The highest BCUT2D eigenvalue weighted by molar-refractivity contribution is 6.10. The molecule has 0 radical (unpaired) electrons. The number of aromatic nitrogens is 3. The zero-order valence-electron chi connectivity index (χ0n) is 13.9. The van der Waals surface area contributed by atoms with Gasteiger partial charge >= 0.3 is 0 Å². The maximum atomic E-state index is 12.6. The molecule has 3 aromatic rings. The van der Waals surface area contributed by atoms with Crippen molar-refractivity contribution in [2.24, 2.45) is 5.92 Å². The van der Waals surface area contributed by atoms with Gasteiger partial charge in [0.2, 0.25) is 0 Å². The van der Waals surface area contributed by atoms with Crippen LogP contribution in [-0.2, 0) is 6.54 Å². The fourth-order valence-electron chi connectivity index (χ4n) is 2.74. The monoisotopic (exact) mass is 323 g/mol. The number of carbonyl (C=O) groups excluding carboxylic acids is 1. The van der Waals surface area contributed by atoms with E-state index >= 15 is 0 Å². The van der Waals surface area contributed by atoms with Crippen LogP contribution in [0.1, 0.15) is 24.2 Å². The number of para-hydroxylation sites is 2. The molecule has 0 spiro atoms. The number of carbonyl (C=O) groups is 1. The summed E-state index contributed by atoms with van der Waals surface area (Å²) in [5.74, 6) is 0.500. The summed E-state index contributed by atoms with van der Waals surface area (Å²) in [5.41, 5.74) is 9.38. The molecule has 6 nitrogen and oxygen atoms in total. The zero-order valence-corrected chi connectivity index (χ0v) is 13.9. The molecule has 0 saturated heterocycles. The third-order valence-electron chi connectivity index (χ3n) is 3.77. The van der Waals surface area contributed by atoms with Crippen molar-refractivity contribution in [2.75, 3.05) is 12.3 Å². The normalized spacial score (nSPS) is 11.3. The first-order chi connectivity index (χ1) is 11.5. The van der Waals surface area contributed by atoms with Crippen molar-refractivity contribution in [3.8, 4) is 0 Å². The van der Waals surface area contributed by atoms with Gasteiger partial charge in [0.05, 0.1) is 11.0 Å². The van der Waals surface area contributed by atoms with Gasteiger partial charge in [0.15, 0.2) is 5.65 Å². The molecule has 3 N–H and O–H groups in total. The molecular weight excluding hydrogens is 302 g/mol. The van der Waals surface area contributed by atoms with E-state index in [1.807, 2.05) is 28.8 Å². The van der Waals surface area contributed by atoms with Crippen molar-refractivity contribution in [1.29, 1.82) is 0 Å². The standard InChI is InChI=1S/C18H21N5O/c1-4-9-20-18(24)14-15-17(23(16(14)19)10-11(2)3)22-13-8-6-5-7-12(13)21-15/h4-8,11H,1,9-10,19H2,2-3H3,(H,20,24). The van der Waals surface area contributed by atoms with Crippen molar-refractivity contribution >= 4 is 33.9 Å². The first-order valence-corrected chi connectivity index (χ1v) is 7.96. The Bertz CT molecular complexity index is 926. The molecule has 0 atom stereocenters. The fourth-order valence-corrected chi connectivity index (χ4v) is 2.74. The maximum absolute atomic E-state index is 12.6. The van der Waals surface area contributed by atoms with Gasteiger partial charge in [-0.2, -0.15) is 0 Å². The third kappa shape index (κ3) is 2.71. The van der Waals surface area contributed by atoms with Crippen LogP contribution >= 0.6 is 0 Å². The van der Waals surface area contributed by atoms with E-state index in [9.17, 15) is 4.79 Å². The van der Waals surface area contributed by atoms with Crippen LogP contribution < -0.4 is 11.1 Å². The number of anilines is 1. The molecule has 0 bridgehead atoms.